The molecule has 3 nitrogen and oxygen atoms in total. The van der Waals surface area contributed by atoms with Gasteiger partial charge in [-0.3, -0.25) is 5.43 Å². The molecule has 1 heterocycles. The predicted molar refractivity (Wildman–Crippen MR) is 69.6 cm³/mol. The van der Waals surface area contributed by atoms with Gasteiger partial charge < -0.3 is 0 Å². The van der Waals surface area contributed by atoms with Crippen LogP contribution in [0.5, 0.6) is 0 Å². The molecule has 1 N–H and O–H groups in total. The number of rotatable bonds is 3. The van der Waals surface area contributed by atoms with Crippen LogP contribution in [0.25, 0.3) is 0 Å². The minimum Gasteiger partial charge on any atom is -0.261 e. The fourth-order valence-corrected chi connectivity index (χ4v) is 1.42. The summed E-state index contributed by atoms with van der Waals surface area (Å²) in [6.45, 7) is 0. The fraction of sp³-hybridized carbons (Fsp3) is 0. The van der Waals surface area contributed by atoms with Crippen LogP contribution in [0.2, 0.25) is 0 Å². The molecule has 0 spiro atoms. The number of hydrogen-bond acceptors (Lipinski definition) is 3. The van der Waals surface area contributed by atoms with E-state index in [2.05, 4.69) is 31.4 Å². The molecule has 2 rings (SSSR count). The lowest BCUT2D eigenvalue weighted by Gasteiger charge is -1.97. The Labute approximate surface area is 102 Å². The highest BCUT2D eigenvalue weighted by Crippen LogP contribution is 2.09. The number of aromatic nitrogens is 1. The molecular weight excluding hydrogens is 266 g/mol. The van der Waals surface area contributed by atoms with Crippen LogP contribution in [-0.2, 0) is 0 Å². The van der Waals surface area contributed by atoms with Crippen molar-refractivity contribution >= 4 is 28.0 Å². The van der Waals surface area contributed by atoms with Crippen LogP contribution in [0.1, 0.15) is 5.56 Å². The van der Waals surface area contributed by atoms with E-state index >= 15 is 0 Å². The highest BCUT2D eigenvalue weighted by atomic mass is 79.9. The summed E-state index contributed by atoms with van der Waals surface area (Å²) in [6.07, 6.45) is 3.47. The summed E-state index contributed by atoms with van der Waals surface area (Å²) in [5, 5.41) is 4.09. The van der Waals surface area contributed by atoms with E-state index in [-0.39, 0.29) is 0 Å². The molecule has 0 atom stereocenters. The highest BCUT2D eigenvalue weighted by molar-refractivity contribution is 9.10. The summed E-state index contributed by atoms with van der Waals surface area (Å²) in [6, 6.07) is 13.5. The molecule has 0 unspecified atom stereocenters. The van der Waals surface area contributed by atoms with Crippen molar-refractivity contribution in [3.05, 3.63) is 58.7 Å². The summed E-state index contributed by atoms with van der Waals surface area (Å²) in [5.74, 6) is 0.732. The Kier molecular flexibility index (Phi) is 3.66. The lowest BCUT2D eigenvalue weighted by Crippen LogP contribution is -1.92. The molecule has 0 fully saturated rings. The standard InChI is InChI=1S/C12H10BrN3/c13-11-6-4-10(5-7-11)9-15-16-12-3-1-2-8-14-12/h1-9H,(H,14,16)/b15-9+. The Hall–Kier alpha value is -1.68. The second kappa shape index (κ2) is 5.42. The van der Waals surface area contributed by atoms with Crippen molar-refractivity contribution in [1.82, 2.24) is 4.98 Å². The third-order valence-corrected chi connectivity index (χ3v) is 2.46. The van der Waals surface area contributed by atoms with Crippen molar-refractivity contribution in [1.29, 1.82) is 0 Å². The molecule has 0 bridgehead atoms. The molecule has 1 aromatic heterocycles. The molecule has 0 radical (unpaired) electrons. The molecule has 4 heteroatoms. The smallest absolute Gasteiger partial charge is 0.146 e. The molecule has 0 saturated heterocycles. The van der Waals surface area contributed by atoms with Gasteiger partial charge in [0.05, 0.1) is 6.21 Å². The van der Waals surface area contributed by atoms with Gasteiger partial charge in [-0.25, -0.2) is 4.98 Å². The van der Waals surface area contributed by atoms with Crippen molar-refractivity contribution in [2.45, 2.75) is 0 Å². The quantitative estimate of drug-likeness (QED) is 0.690. The number of pyridine rings is 1. The van der Waals surface area contributed by atoms with E-state index in [1.807, 2.05) is 42.5 Å². The maximum Gasteiger partial charge on any atom is 0.146 e. The normalized spacial score (nSPS) is 10.6. The average molecular weight is 276 g/mol. The van der Waals surface area contributed by atoms with E-state index in [0.717, 1.165) is 15.9 Å². The van der Waals surface area contributed by atoms with E-state index in [0.29, 0.717) is 0 Å². The van der Waals surface area contributed by atoms with E-state index in [9.17, 15) is 0 Å². The number of anilines is 1. The molecule has 0 aliphatic carbocycles. The monoisotopic (exact) mass is 275 g/mol. The van der Waals surface area contributed by atoms with Crippen molar-refractivity contribution in [3.63, 3.8) is 0 Å². The van der Waals surface area contributed by atoms with Crippen LogP contribution >= 0.6 is 15.9 Å². The largest absolute Gasteiger partial charge is 0.261 e. The van der Waals surface area contributed by atoms with Gasteiger partial charge >= 0.3 is 0 Å². The van der Waals surface area contributed by atoms with Crippen LogP contribution in [0.3, 0.4) is 0 Å². The minimum atomic E-state index is 0.732. The number of hydrogen-bond donors (Lipinski definition) is 1. The van der Waals surface area contributed by atoms with Crippen LogP contribution in [-0.4, -0.2) is 11.2 Å². The molecule has 0 amide bonds. The first-order valence-electron chi connectivity index (χ1n) is 4.80. The van der Waals surface area contributed by atoms with Crippen molar-refractivity contribution < 1.29 is 0 Å². The van der Waals surface area contributed by atoms with E-state index in [4.69, 9.17) is 0 Å². The summed E-state index contributed by atoms with van der Waals surface area (Å²) in [5.41, 5.74) is 3.89. The molecule has 80 valence electrons. The minimum absolute atomic E-state index is 0.732. The number of benzene rings is 1. The molecule has 2 aromatic rings. The van der Waals surface area contributed by atoms with E-state index in [1.54, 1.807) is 12.4 Å². The molecule has 0 aliphatic heterocycles. The lowest BCUT2D eigenvalue weighted by molar-refractivity contribution is 1.23. The van der Waals surface area contributed by atoms with Gasteiger partial charge in [-0.05, 0) is 29.8 Å². The summed E-state index contributed by atoms with van der Waals surface area (Å²) in [7, 11) is 0. The number of nitrogens with one attached hydrogen (secondary N) is 1. The first-order valence-corrected chi connectivity index (χ1v) is 5.59. The highest BCUT2D eigenvalue weighted by Gasteiger charge is 1.89. The van der Waals surface area contributed by atoms with Gasteiger partial charge in [0.1, 0.15) is 5.82 Å². The number of halogens is 1. The first kappa shape index (κ1) is 10.8. The SMILES string of the molecule is Brc1ccc(/C=N/Nc2ccccn2)cc1. The fourth-order valence-electron chi connectivity index (χ4n) is 1.15. The maximum absolute atomic E-state index is 4.09. The Morgan fingerprint density at radius 1 is 1.12 bits per heavy atom. The molecule has 16 heavy (non-hydrogen) atoms. The van der Waals surface area contributed by atoms with Crippen LogP contribution < -0.4 is 5.43 Å². The van der Waals surface area contributed by atoms with Gasteiger partial charge in [-0.1, -0.05) is 34.1 Å². The predicted octanol–water partition coefficient (Wildman–Crippen LogP) is 3.29. The third kappa shape index (κ3) is 3.17. The van der Waals surface area contributed by atoms with Crippen LogP contribution in [0.15, 0.2) is 58.2 Å². The van der Waals surface area contributed by atoms with Gasteiger partial charge in [-0.15, -0.1) is 0 Å². The molecule has 0 saturated carbocycles. The van der Waals surface area contributed by atoms with Gasteiger partial charge in [0.25, 0.3) is 0 Å². The Morgan fingerprint density at radius 3 is 2.62 bits per heavy atom. The van der Waals surface area contributed by atoms with Gasteiger partial charge in [0, 0.05) is 10.7 Å². The van der Waals surface area contributed by atoms with Crippen molar-refractivity contribution in [2.24, 2.45) is 5.10 Å². The molecule has 0 aliphatic rings. The zero-order chi connectivity index (χ0) is 11.2. The second-order valence-corrected chi connectivity index (χ2v) is 4.05. The first-order chi connectivity index (χ1) is 7.84. The number of hydrazone groups is 1. The molecule has 1 aromatic carbocycles. The second-order valence-electron chi connectivity index (χ2n) is 3.14. The summed E-state index contributed by atoms with van der Waals surface area (Å²) in [4.78, 5) is 4.09. The van der Waals surface area contributed by atoms with Crippen molar-refractivity contribution in [2.75, 3.05) is 5.43 Å². The van der Waals surface area contributed by atoms with Gasteiger partial charge in [0.2, 0.25) is 0 Å². The Balaban J connectivity index is 1.98. The topological polar surface area (TPSA) is 37.3 Å². The lowest BCUT2D eigenvalue weighted by atomic mass is 10.2. The van der Waals surface area contributed by atoms with E-state index < -0.39 is 0 Å². The van der Waals surface area contributed by atoms with Gasteiger partial charge in [0.15, 0.2) is 0 Å². The number of nitrogens with zero attached hydrogens (tertiary/aromatic N) is 2. The van der Waals surface area contributed by atoms with Gasteiger partial charge in [-0.2, -0.15) is 5.10 Å². The zero-order valence-electron chi connectivity index (χ0n) is 8.47. The maximum atomic E-state index is 4.09. The van der Waals surface area contributed by atoms with E-state index in [1.165, 1.54) is 0 Å². The zero-order valence-corrected chi connectivity index (χ0v) is 10.1. The van der Waals surface area contributed by atoms with Crippen LogP contribution in [0.4, 0.5) is 5.82 Å². The Bertz CT molecular complexity index is 465. The molecular formula is C12H10BrN3. The van der Waals surface area contributed by atoms with Crippen LogP contribution in [0, 0.1) is 0 Å². The summed E-state index contributed by atoms with van der Waals surface area (Å²) < 4.78 is 1.06. The third-order valence-electron chi connectivity index (χ3n) is 1.93. The summed E-state index contributed by atoms with van der Waals surface area (Å²) >= 11 is 3.38. The average Bonchev–Trinajstić information content (AvgIpc) is 2.33. The van der Waals surface area contributed by atoms with Crippen molar-refractivity contribution in [3.8, 4) is 0 Å². The Morgan fingerprint density at radius 2 is 1.94 bits per heavy atom.